The number of ether oxygens (including phenoxy) is 1. The van der Waals surface area contributed by atoms with Gasteiger partial charge in [0.1, 0.15) is 5.82 Å². The lowest BCUT2D eigenvalue weighted by Gasteiger charge is -2.36. The van der Waals surface area contributed by atoms with Gasteiger partial charge in [-0.1, -0.05) is 0 Å². The van der Waals surface area contributed by atoms with Crippen LogP contribution in [0.25, 0.3) is 0 Å². The van der Waals surface area contributed by atoms with Gasteiger partial charge in [-0.25, -0.2) is 4.98 Å². The van der Waals surface area contributed by atoms with Gasteiger partial charge in [0.05, 0.1) is 18.8 Å². The summed E-state index contributed by atoms with van der Waals surface area (Å²) in [6, 6.07) is 1.05. The Labute approximate surface area is 152 Å². The average molecular weight is 422 g/mol. The van der Waals surface area contributed by atoms with E-state index in [2.05, 4.69) is 20.9 Å². The first kappa shape index (κ1) is 18.4. The summed E-state index contributed by atoms with van der Waals surface area (Å²) in [7, 11) is 0. The lowest BCUT2D eigenvalue weighted by molar-refractivity contribution is -0.140. The summed E-state index contributed by atoms with van der Waals surface area (Å²) in [6.07, 6.45) is -2.03. The minimum Gasteiger partial charge on any atom is -0.378 e. The number of anilines is 1. The number of pyridine rings is 1. The highest BCUT2D eigenvalue weighted by molar-refractivity contribution is 9.10. The molecule has 2 aliphatic heterocycles. The number of hydrogen-bond acceptors (Lipinski definition) is 4. The van der Waals surface area contributed by atoms with E-state index in [4.69, 9.17) is 4.74 Å². The van der Waals surface area contributed by atoms with Crippen molar-refractivity contribution < 1.29 is 22.7 Å². The Hall–Kier alpha value is -1.35. The van der Waals surface area contributed by atoms with Crippen molar-refractivity contribution in [3.8, 4) is 0 Å². The van der Waals surface area contributed by atoms with E-state index in [1.54, 1.807) is 9.80 Å². The molecule has 25 heavy (non-hydrogen) atoms. The van der Waals surface area contributed by atoms with Gasteiger partial charge in [-0.2, -0.15) is 13.2 Å². The van der Waals surface area contributed by atoms with Gasteiger partial charge in [0.2, 0.25) is 5.91 Å². The molecule has 0 unspecified atom stereocenters. The number of hydrogen-bond donors (Lipinski definition) is 0. The van der Waals surface area contributed by atoms with Gasteiger partial charge in [-0.15, -0.1) is 0 Å². The molecule has 0 bridgehead atoms. The van der Waals surface area contributed by atoms with Crippen molar-refractivity contribution in [3.63, 3.8) is 0 Å². The summed E-state index contributed by atoms with van der Waals surface area (Å²) >= 11 is 3.04. The number of halogens is 4. The zero-order valence-corrected chi connectivity index (χ0v) is 15.1. The standard InChI is InChI=1S/C16H19BrF3N3O2/c17-12-9-13(16(18,19)20)14(21-10-12)22-3-1-11(2-4-22)15(24)23-5-7-25-8-6-23/h9-11H,1-8H2. The molecule has 2 fully saturated rings. The molecule has 1 aromatic heterocycles. The SMILES string of the molecule is O=C(C1CCN(c2ncc(Br)cc2C(F)(F)F)CC1)N1CCOCC1. The predicted molar refractivity (Wildman–Crippen MR) is 89.3 cm³/mol. The number of aromatic nitrogens is 1. The van der Waals surface area contributed by atoms with Crippen LogP contribution in [0.1, 0.15) is 18.4 Å². The molecule has 0 N–H and O–H groups in total. The fraction of sp³-hybridized carbons (Fsp3) is 0.625. The van der Waals surface area contributed by atoms with Crippen molar-refractivity contribution in [2.45, 2.75) is 19.0 Å². The normalized spacial score (nSPS) is 20.0. The van der Waals surface area contributed by atoms with Crippen molar-refractivity contribution in [2.75, 3.05) is 44.3 Å². The van der Waals surface area contributed by atoms with Crippen LogP contribution in [-0.2, 0) is 15.7 Å². The van der Waals surface area contributed by atoms with Crippen LogP contribution in [0.4, 0.5) is 19.0 Å². The van der Waals surface area contributed by atoms with Crippen LogP contribution in [0, 0.1) is 5.92 Å². The zero-order chi connectivity index (χ0) is 18.0. The van der Waals surface area contributed by atoms with Crippen LogP contribution in [0.5, 0.6) is 0 Å². The van der Waals surface area contributed by atoms with Crippen molar-refractivity contribution in [3.05, 3.63) is 22.3 Å². The van der Waals surface area contributed by atoms with E-state index in [0.29, 0.717) is 56.7 Å². The second-order valence-corrected chi connectivity index (χ2v) is 7.14. The molecule has 0 aromatic carbocycles. The maximum absolute atomic E-state index is 13.3. The summed E-state index contributed by atoms with van der Waals surface area (Å²) < 4.78 is 45.4. The number of rotatable bonds is 2. The number of alkyl halides is 3. The zero-order valence-electron chi connectivity index (χ0n) is 13.6. The van der Waals surface area contributed by atoms with E-state index in [1.165, 1.54) is 6.20 Å². The molecule has 5 nitrogen and oxygen atoms in total. The summed E-state index contributed by atoms with van der Waals surface area (Å²) in [5.74, 6) is -0.116. The number of piperidine rings is 1. The molecule has 2 aliphatic rings. The fourth-order valence-electron chi connectivity index (χ4n) is 3.27. The number of carbonyl (C=O) groups excluding carboxylic acids is 1. The largest absolute Gasteiger partial charge is 0.419 e. The Bertz CT molecular complexity index is 628. The second kappa shape index (κ2) is 7.49. The van der Waals surface area contributed by atoms with Crippen molar-refractivity contribution >= 4 is 27.7 Å². The molecule has 0 saturated carbocycles. The van der Waals surface area contributed by atoms with E-state index in [0.717, 1.165) is 6.07 Å². The van der Waals surface area contributed by atoms with Gasteiger partial charge < -0.3 is 14.5 Å². The number of nitrogens with zero attached hydrogens (tertiary/aromatic N) is 3. The van der Waals surface area contributed by atoms with Crippen LogP contribution in [0.15, 0.2) is 16.7 Å². The van der Waals surface area contributed by atoms with Gasteiger partial charge in [-0.05, 0) is 34.8 Å². The Kier molecular flexibility index (Phi) is 5.52. The Morgan fingerprint density at radius 2 is 1.84 bits per heavy atom. The van der Waals surface area contributed by atoms with Crippen molar-refractivity contribution in [2.24, 2.45) is 5.92 Å². The molecule has 3 heterocycles. The molecule has 1 amide bonds. The highest BCUT2D eigenvalue weighted by atomic mass is 79.9. The Balaban J connectivity index is 1.67. The molecule has 0 spiro atoms. The van der Waals surface area contributed by atoms with Crippen molar-refractivity contribution in [1.29, 1.82) is 0 Å². The van der Waals surface area contributed by atoms with E-state index < -0.39 is 11.7 Å². The fourth-order valence-corrected chi connectivity index (χ4v) is 3.60. The molecular formula is C16H19BrF3N3O2. The van der Waals surface area contributed by atoms with Gasteiger partial charge in [0.15, 0.2) is 0 Å². The van der Waals surface area contributed by atoms with Crippen LogP contribution in [-0.4, -0.2) is 55.2 Å². The molecule has 3 rings (SSSR count). The van der Waals surface area contributed by atoms with E-state index in [1.807, 2.05) is 0 Å². The molecular weight excluding hydrogens is 403 g/mol. The monoisotopic (exact) mass is 421 g/mol. The number of morpholine rings is 1. The van der Waals surface area contributed by atoms with E-state index >= 15 is 0 Å². The van der Waals surface area contributed by atoms with Gasteiger partial charge in [0.25, 0.3) is 0 Å². The highest BCUT2D eigenvalue weighted by Crippen LogP contribution is 2.38. The summed E-state index contributed by atoms with van der Waals surface area (Å²) in [6.45, 7) is 3.04. The first-order valence-corrected chi connectivity index (χ1v) is 9.00. The van der Waals surface area contributed by atoms with Gasteiger partial charge >= 0.3 is 6.18 Å². The number of carbonyl (C=O) groups is 1. The maximum atomic E-state index is 13.3. The molecule has 0 radical (unpaired) electrons. The minimum atomic E-state index is -4.47. The van der Waals surface area contributed by atoms with Crippen LogP contribution in [0.3, 0.4) is 0 Å². The Morgan fingerprint density at radius 3 is 2.44 bits per heavy atom. The highest BCUT2D eigenvalue weighted by Gasteiger charge is 2.38. The Morgan fingerprint density at radius 1 is 1.20 bits per heavy atom. The molecule has 138 valence electrons. The molecule has 0 atom stereocenters. The average Bonchev–Trinajstić information content (AvgIpc) is 2.61. The van der Waals surface area contributed by atoms with Crippen LogP contribution in [0.2, 0.25) is 0 Å². The molecule has 2 saturated heterocycles. The third-order valence-electron chi connectivity index (χ3n) is 4.61. The first-order chi connectivity index (χ1) is 11.9. The maximum Gasteiger partial charge on any atom is 0.419 e. The third-order valence-corrected chi connectivity index (χ3v) is 5.04. The smallest absolute Gasteiger partial charge is 0.378 e. The third kappa shape index (κ3) is 4.25. The molecule has 0 aliphatic carbocycles. The van der Waals surface area contributed by atoms with Crippen molar-refractivity contribution in [1.82, 2.24) is 9.88 Å². The second-order valence-electron chi connectivity index (χ2n) is 6.22. The lowest BCUT2D eigenvalue weighted by Crippen LogP contribution is -2.47. The quantitative estimate of drug-likeness (QED) is 0.736. The first-order valence-electron chi connectivity index (χ1n) is 8.20. The number of amides is 1. The lowest BCUT2D eigenvalue weighted by atomic mass is 9.94. The summed E-state index contributed by atoms with van der Waals surface area (Å²) in [4.78, 5) is 19.9. The van der Waals surface area contributed by atoms with E-state index in [9.17, 15) is 18.0 Å². The topological polar surface area (TPSA) is 45.7 Å². The van der Waals surface area contributed by atoms with Gasteiger partial charge in [-0.3, -0.25) is 4.79 Å². The molecule has 9 heteroatoms. The van der Waals surface area contributed by atoms with Crippen LogP contribution < -0.4 is 4.90 Å². The summed E-state index contributed by atoms with van der Waals surface area (Å²) in [5, 5.41) is 0. The summed E-state index contributed by atoms with van der Waals surface area (Å²) in [5.41, 5.74) is -0.750. The minimum absolute atomic E-state index is 0.0621. The molecule has 1 aromatic rings. The van der Waals surface area contributed by atoms with Gasteiger partial charge in [0, 0.05) is 42.8 Å². The van der Waals surface area contributed by atoms with E-state index in [-0.39, 0.29) is 17.6 Å². The predicted octanol–water partition coefficient (Wildman–Crippen LogP) is 2.94. The van der Waals surface area contributed by atoms with Crippen LogP contribution >= 0.6 is 15.9 Å².